The van der Waals surface area contributed by atoms with Gasteiger partial charge < -0.3 is 10.5 Å². The van der Waals surface area contributed by atoms with Crippen molar-refractivity contribution in [2.75, 3.05) is 5.73 Å². The molecule has 0 atom stereocenters. The molecule has 2 rings (SSSR count). The Hall–Kier alpha value is -2.54. The molecule has 4 heteroatoms. The second kappa shape index (κ2) is 5.62. The highest BCUT2D eigenvalue weighted by Gasteiger charge is 2.10. The fraction of sp³-hybridized carbons (Fsp3) is 0.188. The van der Waals surface area contributed by atoms with Gasteiger partial charge in [0.2, 0.25) is 0 Å². The van der Waals surface area contributed by atoms with Crippen molar-refractivity contribution in [1.29, 1.82) is 5.26 Å². The van der Waals surface area contributed by atoms with Gasteiger partial charge in [-0.1, -0.05) is 12.1 Å². The molecule has 0 unspecified atom stereocenters. The average Bonchev–Trinajstić information content (AvgIpc) is 2.42. The summed E-state index contributed by atoms with van der Waals surface area (Å²) in [5, 5.41) is 8.90. The molecule has 3 nitrogen and oxygen atoms in total. The molecule has 0 saturated heterocycles. The summed E-state index contributed by atoms with van der Waals surface area (Å²) in [4.78, 5) is 0. The highest BCUT2D eigenvalue weighted by molar-refractivity contribution is 5.47. The van der Waals surface area contributed by atoms with Crippen LogP contribution in [0.4, 0.5) is 10.1 Å². The van der Waals surface area contributed by atoms with E-state index in [-0.39, 0.29) is 12.3 Å². The second-order valence-corrected chi connectivity index (χ2v) is 4.66. The molecule has 0 fully saturated rings. The number of nitrogens with two attached hydrogens (primary N) is 1. The van der Waals surface area contributed by atoms with E-state index in [1.807, 2.05) is 13.8 Å². The van der Waals surface area contributed by atoms with Gasteiger partial charge in [-0.3, -0.25) is 0 Å². The summed E-state index contributed by atoms with van der Waals surface area (Å²) in [7, 11) is 0. The zero-order valence-corrected chi connectivity index (χ0v) is 11.4. The van der Waals surface area contributed by atoms with Crippen molar-refractivity contribution in [3.63, 3.8) is 0 Å². The number of benzene rings is 2. The van der Waals surface area contributed by atoms with Crippen LogP contribution in [0.1, 0.15) is 22.3 Å². The monoisotopic (exact) mass is 270 g/mol. The van der Waals surface area contributed by atoms with E-state index in [4.69, 9.17) is 15.7 Å². The summed E-state index contributed by atoms with van der Waals surface area (Å²) in [6.07, 6.45) is 0. The van der Waals surface area contributed by atoms with Gasteiger partial charge in [0, 0.05) is 5.56 Å². The lowest BCUT2D eigenvalue weighted by molar-refractivity contribution is 0.296. The van der Waals surface area contributed by atoms with Crippen molar-refractivity contribution in [2.24, 2.45) is 0 Å². The first-order chi connectivity index (χ1) is 9.52. The Morgan fingerprint density at radius 1 is 1.25 bits per heavy atom. The molecule has 2 N–H and O–H groups in total. The van der Waals surface area contributed by atoms with Gasteiger partial charge in [-0.05, 0) is 43.2 Å². The SMILES string of the molecule is Cc1cc(C#N)cc(C)c1OCc1cccc(N)c1F. The number of rotatable bonds is 3. The van der Waals surface area contributed by atoms with Gasteiger partial charge in [0.05, 0.1) is 17.3 Å². The smallest absolute Gasteiger partial charge is 0.152 e. The number of hydrogen-bond acceptors (Lipinski definition) is 3. The van der Waals surface area contributed by atoms with E-state index < -0.39 is 5.82 Å². The van der Waals surface area contributed by atoms with E-state index in [1.54, 1.807) is 24.3 Å². The molecule has 0 heterocycles. The molecule has 0 saturated carbocycles. The third-order valence-corrected chi connectivity index (χ3v) is 3.07. The number of nitrogen functional groups attached to an aromatic ring is 1. The summed E-state index contributed by atoms with van der Waals surface area (Å²) in [6.45, 7) is 3.82. The molecule has 20 heavy (non-hydrogen) atoms. The lowest BCUT2D eigenvalue weighted by Gasteiger charge is -2.13. The van der Waals surface area contributed by atoms with Crippen molar-refractivity contribution < 1.29 is 9.13 Å². The zero-order valence-electron chi connectivity index (χ0n) is 11.4. The lowest BCUT2D eigenvalue weighted by atomic mass is 10.1. The van der Waals surface area contributed by atoms with Crippen molar-refractivity contribution in [1.82, 2.24) is 0 Å². The van der Waals surface area contributed by atoms with Crippen LogP contribution >= 0.6 is 0 Å². The van der Waals surface area contributed by atoms with E-state index >= 15 is 0 Å². The number of anilines is 1. The number of aryl methyl sites for hydroxylation is 2. The van der Waals surface area contributed by atoms with Crippen molar-refractivity contribution in [3.05, 3.63) is 58.4 Å². The quantitative estimate of drug-likeness (QED) is 0.869. The Kier molecular flexibility index (Phi) is 3.90. The Morgan fingerprint density at radius 2 is 1.90 bits per heavy atom. The molecule has 0 aliphatic carbocycles. The molecule has 0 amide bonds. The van der Waals surface area contributed by atoms with Crippen LogP contribution < -0.4 is 10.5 Å². The predicted octanol–water partition coefficient (Wildman–Crippen LogP) is 3.48. The largest absolute Gasteiger partial charge is 0.488 e. The summed E-state index contributed by atoms with van der Waals surface area (Å²) in [5.41, 5.74) is 8.33. The average molecular weight is 270 g/mol. The molecule has 0 bridgehead atoms. The number of nitriles is 1. The zero-order chi connectivity index (χ0) is 14.7. The molecule has 0 aromatic heterocycles. The molecule has 0 radical (unpaired) electrons. The van der Waals surface area contributed by atoms with E-state index in [2.05, 4.69) is 6.07 Å². The van der Waals surface area contributed by atoms with Crippen LogP contribution in [-0.4, -0.2) is 0 Å². The van der Waals surface area contributed by atoms with Gasteiger partial charge in [0.1, 0.15) is 12.4 Å². The van der Waals surface area contributed by atoms with Crippen LogP contribution in [0.25, 0.3) is 0 Å². The van der Waals surface area contributed by atoms with Gasteiger partial charge in [-0.25, -0.2) is 4.39 Å². The standard InChI is InChI=1S/C16H15FN2O/c1-10-6-12(8-18)7-11(2)16(10)20-9-13-4-3-5-14(19)15(13)17/h3-7H,9,19H2,1-2H3. The summed E-state index contributed by atoms with van der Waals surface area (Å²) in [6, 6.07) is 10.4. The molecule has 0 spiro atoms. The summed E-state index contributed by atoms with van der Waals surface area (Å²) >= 11 is 0. The normalized spacial score (nSPS) is 10.1. The highest BCUT2D eigenvalue weighted by atomic mass is 19.1. The maximum Gasteiger partial charge on any atom is 0.152 e. The first-order valence-electron chi connectivity index (χ1n) is 6.20. The molecule has 2 aromatic rings. The third-order valence-electron chi connectivity index (χ3n) is 3.07. The number of nitrogens with zero attached hydrogens (tertiary/aromatic N) is 1. The maximum absolute atomic E-state index is 13.8. The van der Waals surface area contributed by atoms with Crippen molar-refractivity contribution >= 4 is 5.69 Å². The van der Waals surface area contributed by atoms with Gasteiger partial charge in [-0.15, -0.1) is 0 Å². The van der Waals surface area contributed by atoms with Crippen molar-refractivity contribution in [3.8, 4) is 11.8 Å². The van der Waals surface area contributed by atoms with Crippen LogP contribution in [0.15, 0.2) is 30.3 Å². The van der Waals surface area contributed by atoms with E-state index in [9.17, 15) is 4.39 Å². The van der Waals surface area contributed by atoms with Gasteiger partial charge in [0.25, 0.3) is 0 Å². The van der Waals surface area contributed by atoms with Crippen LogP contribution in [0, 0.1) is 31.0 Å². The number of hydrogen-bond donors (Lipinski definition) is 1. The molecule has 0 aliphatic rings. The molecular formula is C16H15FN2O. The van der Waals surface area contributed by atoms with E-state index in [0.717, 1.165) is 11.1 Å². The molecule has 2 aromatic carbocycles. The van der Waals surface area contributed by atoms with Crippen LogP contribution in [0.5, 0.6) is 5.75 Å². The Morgan fingerprint density at radius 3 is 2.50 bits per heavy atom. The lowest BCUT2D eigenvalue weighted by Crippen LogP contribution is -2.03. The predicted molar refractivity (Wildman–Crippen MR) is 75.8 cm³/mol. The summed E-state index contributed by atoms with van der Waals surface area (Å²) < 4.78 is 19.5. The first-order valence-corrected chi connectivity index (χ1v) is 6.20. The second-order valence-electron chi connectivity index (χ2n) is 4.66. The fourth-order valence-electron chi connectivity index (χ4n) is 2.10. The minimum Gasteiger partial charge on any atom is -0.488 e. The summed E-state index contributed by atoms with van der Waals surface area (Å²) in [5.74, 6) is 0.224. The highest BCUT2D eigenvalue weighted by Crippen LogP contribution is 2.26. The maximum atomic E-state index is 13.8. The first kappa shape index (κ1) is 13.9. The molecule has 0 aliphatic heterocycles. The molecule has 102 valence electrons. The van der Waals surface area contributed by atoms with Crippen LogP contribution in [0.3, 0.4) is 0 Å². The minimum atomic E-state index is -0.448. The Bertz CT molecular complexity index is 666. The number of halogens is 1. The topological polar surface area (TPSA) is 59.0 Å². The van der Waals surface area contributed by atoms with Gasteiger partial charge >= 0.3 is 0 Å². The van der Waals surface area contributed by atoms with Crippen LogP contribution in [0.2, 0.25) is 0 Å². The van der Waals surface area contributed by atoms with E-state index in [0.29, 0.717) is 16.9 Å². The van der Waals surface area contributed by atoms with Crippen molar-refractivity contribution in [2.45, 2.75) is 20.5 Å². The van der Waals surface area contributed by atoms with Crippen LogP contribution in [-0.2, 0) is 6.61 Å². The Labute approximate surface area is 117 Å². The minimum absolute atomic E-state index is 0.102. The van der Waals surface area contributed by atoms with Gasteiger partial charge in [0.15, 0.2) is 5.82 Å². The third kappa shape index (κ3) is 2.72. The van der Waals surface area contributed by atoms with E-state index in [1.165, 1.54) is 6.07 Å². The number of ether oxygens (including phenoxy) is 1. The Balaban J connectivity index is 2.24. The fourth-order valence-corrected chi connectivity index (χ4v) is 2.10. The molecular weight excluding hydrogens is 255 g/mol. The van der Waals surface area contributed by atoms with Gasteiger partial charge in [-0.2, -0.15) is 5.26 Å².